The predicted molar refractivity (Wildman–Crippen MR) is 11.5 cm³/mol. The van der Waals surface area contributed by atoms with Crippen LogP contribution in [-0.4, -0.2) is 28.3 Å². The van der Waals surface area contributed by atoms with Crippen LogP contribution < -0.4 is 0 Å². The quantitative estimate of drug-likeness (QED) is 0.514. The van der Waals surface area contributed by atoms with E-state index in [0.717, 1.165) is 0 Å². The van der Waals surface area contributed by atoms with Crippen LogP contribution in [0.4, 0.5) is 0 Å². The number of hydrogen-bond acceptors (Lipinski definition) is 0. The van der Waals surface area contributed by atoms with Crippen molar-refractivity contribution >= 4 is 28.3 Å². The van der Waals surface area contributed by atoms with E-state index < -0.39 is 0 Å². The molecule has 0 aliphatic heterocycles. The van der Waals surface area contributed by atoms with Crippen LogP contribution in [0.25, 0.3) is 0 Å². The molecule has 0 rings (SSSR count). The van der Waals surface area contributed by atoms with E-state index in [4.69, 9.17) is 0 Å². The molecule has 0 spiro atoms. The van der Waals surface area contributed by atoms with Gasteiger partial charge in [0.1, 0.15) is 0 Å². The molecule has 0 unspecified atom stereocenters. The van der Waals surface area contributed by atoms with Gasteiger partial charge in [0, 0.05) is 96.0 Å². The molecule has 0 aliphatic rings. The Balaban J connectivity index is 0. The predicted octanol–water partition coefficient (Wildman–Crippen LogP) is -0.772. The monoisotopic (exact) mass is 287 g/mol. The van der Waals surface area contributed by atoms with E-state index in [0.29, 0.717) is 0 Å². The van der Waals surface area contributed by atoms with Gasteiger partial charge < -0.3 is 0 Å². The average molecular weight is 288 g/mol. The van der Waals surface area contributed by atoms with Crippen molar-refractivity contribution in [2.45, 2.75) is 0 Å². The van der Waals surface area contributed by atoms with Crippen molar-refractivity contribution in [3.05, 3.63) is 0 Å². The van der Waals surface area contributed by atoms with Crippen molar-refractivity contribution < 1.29 is 67.7 Å². The summed E-state index contributed by atoms with van der Waals surface area (Å²) in [5.41, 5.74) is 0. The summed E-state index contributed by atoms with van der Waals surface area (Å²) >= 11 is 0. The van der Waals surface area contributed by atoms with Crippen molar-refractivity contribution in [1.82, 2.24) is 0 Å². The largest absolute Gasteiger partial charge is 0 e. The van der Waals surface area contributed by atoms with E-state index >= 15 is 0 Å². The first-order valence-corrected chi connectivity index (χ1v) is 0. The summed E-state index contributed by atoms with van der Waals surface area (Å²) in [6, 6.07) is 0. The fourth-order valence-corrected chi connectivity index (χ4v) is 0. The number of rotatable bonds is 0. The first-order chi connectivity index (χ1) is 0. The Labute approximate surface area is 94.8 Å². The molecule has 43 valence electrons. The molecular weight excluding hydrogens is 288 g/mol. The molecule has 0 aromatic heterocycles. The van der Waals surface area contributed by atoms with Crippen LogP contribution in [-0.2, 0) is 67.7 Å². The van der Waals surface area contributed by atoms with Gasteiger partial charge in [-0.2, -0.15) is 0 Å². The average Bonchev–Trinajstić information content (AvgIpc) is 0. The summed E-state index contributed by atoms with van der Waals surface area (Å²) in [5, 5.41) is 0. The molecule has 0 heterocycles. The molecule has 0 saturated carbocycles. The molecule has 6 heavy (non-hydrogen) atoms. The van der Waals surface area contributed by atoms with E-state index in [9.17, 15) is 0 Å². The van der Waals surface area contributed by atoms with Crippen LogP contribution in [0.15, 0.2) is 0 Å². The van der Waals surface area contributed by atoms with Crippen LogP contribution >= 0.6 is 0 Å². The van der Waals surface area contributed by atoms with Gasteiger partial charge in [0.2, 0.25) is 0 Å². The topological polar surface area (TPSA) is 0 Å². The number of hydrogen-bond donors (Lipinski definition) is 0. The van der Waals surface area contributed by atoms with Crippen LogP contribution in [0.1, 0.15) is 0 Å². The molecule has 0 N–H and O–H groups in total. The minimum absolute atomic E-state index is 0. The van der Waals surface area contributed by atoms with Gasteiger partial charge in [-0.05, 0) is 0 Å². The Morgan fingerprint density at radius 1 is 1.00 bits per heavy atom. The van der Waals surface area contributed by atoms with Crippen molar-refractivity contribution in [1.29, 1.82) is 0 Å². The molecule has 0 aromatic rings. The van der Waals surface area contributed by atoms with E-state index in [1.54, 1.807) is 0 Å². The van der Waals surface area contributed by atoms with E-state index in [-0.39, 0.29) is 96.0 Å². The van der Waals surface area contributed by atoms with E-state index in [1.165, 1.54) is 0 Å². The second-order valence-electron chi connectivity index (χ2n) is 0. The Hall–Kier alpha value is 2.80. The molecule has 0 amide bonds. The SMILES string of the molecule is [Al].[Cu].[Fe].[Mn].[Ni].[Si]. The summed E-state index contributed by atoms with van der Waals surface area (Å²) < 4.78 is 0. The van der Waals surface area contributed by atoms with Crippen molar-refractivity contribution in [2.24, 2.45) is 0 Å². The molecule has 9 radical (unpaired) electrons. The van der Waals surface area contributed by atoms with Gasteiger partial charge in [0.15, 0.2) is 0 Å². The van der Waals surface area contributed by atoms with Gasteiger partial charge in [-0.25, -0.2) is 0 Å². The van der Waals surface area contributed by atoms with Gasteiger partial charge in [-0.3, -0.25) is 0 Å². The standard InChI is InChI=1S/Al.Cu.Fe.Mn.Ni.Si. The zero-order valence-corrected chi connectivity index (χ0v) is 8.80. The van der Waals surface area contributed by atoms with Crippen molar-refractivity contribution in [2.75, 3.05) is 0 Å². The maximum atomic E-state index is 0. The molecule has 0 bridgehead atoms. The zero-order chi connectivity index (χ0) is 0. The zero-order valence-electron chi connectivity index (χ0n) is 2.43. The Morgan fingerprint density at radius 3 is 1.00 bits per heavy atom. The van der Waals surface area contributed by atoms with Gasteiger partial charge >= 0.3 is 0 Å². The third-order valence-corrected chi connectivity index (χ3v) is 0. The molecule has 6 heteroatoms. The second-order valence-corrected chi connectivity index (χ2v) is 0. The third kappa shape index (κ3) is 29.2. The Kier molecular flexibility index (Phi) is 523. The maximum Gasteiger partial charge on any atom is 0 e. The van der Waals surface area contributed by atoms with Crippen LogP contribution in [0.2, 0.25) is 0 Å². The summed E-state index contributed by atoms with van der Waals surface area (Å²) in [7, 11) is 0. The fraction of sp³-hybridized carbons (Fsp3) is 0. The van der Waals surface area contributed by atoms with Gasteiger partial charge in [-0.1, -0.05) is 0 Å². The minimum Gasteiger partial charge on any atom is 0 e. The second kappa shape index (κ2) is 46.0. The van der Waals surface area contributed by atoms with Gasteiger partial charge in [0.25, 0.3) is 0 Å². The molecule has 0 aliphatic carbocycles. The first kappa shape index (κ1) is 68.3. The maximum absolute atomic E-state index is 0. The first-order valence-electron chi connectivity index (χ1n) is 0. The minimum atomic E-state index is 0. The molecule has 0 saturated heterocycles. The molecular formula is AlCuFeMnNiSi. The molecule has 0 aromatic carbocycles. The van der Waals surface area contributed by atoms with E-state index in [1.807, 2.05) is 0 Å². The van der Waals surface area contributed by atoms with Gasteiger partial charge in [0.05, 0.1) is 0 Å². The van der Waals surface area contributed by atoms with Crippen LogP contribution in [0, 0.1) is 0 Å². The summed E-state index contributed by atoms with van der Waals surface area (Å²) in [6.45, 7) is 0. The van der Waals surface area contributed by atoms with Crippen molar-refractivity contribution in [3.8, 4) is 0 Å². The normalized spacial score (nSPS) is 0. The smallest absolute Gasteiger partial charge is 0 e. The summed E-state index contributed by atoms with van der Waals surface area (Å²) in [4.78, 5) is 0. The fourth-order valence-electron chi connectivity index (χ4n) is 0. The summed E-state index contributed by atoms with van der Waals surface area (Å²) in [6.07, 6.45) is 0. The van der Waals surface area contributed by atoms with Gasteiger partial charge in [-0.15, -0.1) is 0 Å². The van der Waals surface area contributed by atoms with Crippen LogP contribution in [0.3, 0.4) is 0 Å². The summed E-state index contributed by atoms with van der Waals surface area (Å²) in [5.74, 6) is 0. The molecule has 0 fully saturated rings. The Bertz CT molecular complexity index is 15.5. The van der Waals surface area contributed by atoms with Crippen molar-refractivity contribution in [3.63, 3.8) is 0 Å². The molecule has 0 atom stereocenters. The molecule has 0 nitrogen and oxygen atoms in total. The Morgan fingerprint density at radius 2 is 1.00 bits per heavy atom. The van der Waals surface area contributed by atoms with E-state index in [2.05, 4.69) is 0 Å². The third-order valence-electron chi connectivity index (χ3n) is 0. The van der Waals surface area contributed by atoms with Crippen LogP contribution in [0.5, 0.6) is 0 Å².